The van der Waals surface area contributed by atoms with Gasteiger partial charge in [-0.25, -0.2) is 4.79 Å². The fourth-order valence-electron chi connectivity index (χ4n) is 5.97. The number of likely N-dealkylation sites (N-methyl/N-ethyl adjacent to an activating group) is 1. The van der Waals surface area contributed by atoms with E-state index in [1.54, 1.807) is 6.08 Å². The molecule has 0 aromatic carbocycles. The van der Waals surface area contributed by atoms with E-state index < -0.39 is 24.1 Å². The summed E-state index contributed by atoms with van der Waals surface area (Å²) in [4.78, 5) is 36.7. The maximum atomic E-state index is 12.7. The van der Waals surface area contributed by atoms with Crippen molar-refractivity contribution < 1.29 is 38.2 Å². The van der Waals surface area contributed by atoms with Gasteiger partial charge in [-0.15, -0.1) is 0 Å². The molecule has 0 radical (unpaired) electrons. The highest BCUT2D eigenvalue weighted by molar-refractivity contribution is 5.72. The molecule has 8 nitrogen and oxygen atoms in total. The molecule has 0 aliphatic carbocycles. The number of carbonyl (C=O) groups is 3. The number of esters is 2. The summed E-state index contributed by atoms with van der Waals surface area (Å²) in [6.07, 6.45) is 42.0. The Morgan fingerprint density at radius 3 is 1.64 bits per heavy atom. The molecule has 0 aromatic heterocycles. The first kappa shape index (κ1) is 50.3. The normalized spacial score (nSPS) is 13.5. The SMILES string of the molecule is CC/C=C/C/C=C/C/C=C/CC(=O)OCC(COCCC(C(=O)O)[N+](C)(C)C)OC(=O)CCCCCCCCC/C=C/CCCCCCCCCCC. The fourth-order valence-corrected chi connectivity index (χ4v) is 5.97. The van der Waals surface area contributed by atoms with Crippen LogP contribution < -0.4 is 0 Å². The van der Waals surface area contributed by atoms with E-state index in [9.17, 15) is 19.5 Å². The molecule has 0 saturated carbocycles. The average molecular weight is 747 g/mol. The molecule has 1 N–H and O–H groups in total. The first-order valence-corrected chi connectivity index (χ1v) is 21.2. The van der Waals surface area contributed by atoms with Crippen molar-refractivity contribution in [2.45, 2.75) is 180 Å². The van der Waals surface area contributed by atoms with Crippen LogP contribution in [-0.4, -0.2) is 80.6 Å². The molecule has 53 heavy (non-hydrogen) atoms. The number of nitrogens with zero attached hydrogens (tertiary/aromatic N) is 1. The predicted molar refractivity (Wildman–Crippen MR) is 220 cm³/mol. The van der Waals surface area contributed by atoms with Gasteiger partial charge >= 0.3 is 17.9 Å². The number of hydrogen-bond acceptors (Lipinski definition) is 6. The van der Waals surface area contributed by atoms with Crippen molar-refractivity contribution >= 4 is 17.9 Å². The Morgan fingerprint density at radius 2 is 1.11 bits per heavy atom. The van der Waals surface area contributed by atoms with Gasteiger partial charge in [0.2, 0.25) is 0 Å². The highest BCUT2D eigenvalue weighted by Gasteiger charge is 2.31. The zero-order chi connectivity index (χ0) is 39.3. The van der Waals surface area contributed by atoms with E-state index in [-0.39, 0.29) is 36.7 Å². The van der Waals surface area contributed by atoms with Crippen molar-refractivity contribution in [3.05, 3.63) is 48.6 Å². The quantitative estimate of drug-likeness (QED) is 0.0292. The number of aliphatic carboxylic acids is 1. The van der Waals surface area contributed by atoms with Crippen LogP contribution in [0, 0.1) is 0 Å². The van der Waals surface area contributed by atoms with Crippen molar-refractivity contribution in [1.29, 1.82) is 0 Å². The van der Waals surface area contributed by atoms with Crippen molar-refractivity contribution in [2.24, 2.45) is 0 Å². The summed E-state index contributed by atoms with van der Waals surface area (Å²) in [7, 11) is 5.49. The first-order chi connectivity index (χ1) is 25.6. The third kappa shape index (κ3) is 34.8. The second-order valence-electron chi connectivity index (χ2n) is 15.2. The molecule has 0 bridgehead atoms. The largest absolute Gasteiger partial charge is 0.477 e. The van der Waals surface area contributed by atoms with Gasteiger partial charge in [0, 0.05) is 12.8 Å². The third-order valence-electron chi connectivity index (χ3n) is 9.25. The van der Waals surface area contributed by atoms with Gasteiger partial charge in [-0.1, -0.05) is 146 Å². The van der Waals surface area contributed by atoms with Crippen LogP contribution in [0.15, 0.2) is 48.6 Å². The lowest BCUT2D eigenvalue weighted by Gasteiger charge is -2.31. The van der Waals surface area contributed by atoms with E-state index in [1.807, 2.05) is 27.2 Å². The van der Waals surface area contributed by atoms with Gasteiger partial charge in [-0.05, 0) is 51.4 Å². The van der Waals surface area contributed by atoms with Crippen LogP contribution in [0.2, 0.25) is 0 Å². The molecule has 0 saturated heterocycles. The zero-order valence-corrected chi connectivity index (χ0v) is 34.7. The Balaban J connectivity index is 4.33. The number of carboxylic acids is 1. The molecule has 0 amide bonds. The number of hydrogen-bond donors (Lipinski definition) is 1. The third-order valence-corrected chi connectivity index (χ3v) is 9.25. The highest BCUT2D eigenvalue weighted by atomic mass is 16.6. The molecule has 306 valence electrons. The molecule has 0 aromatic rings. The minimum absolute atomic E-state index is 0.0318. The zero-order valence-electron chi connectivity index (χ0n) is 34.7. The van der Waals surface area contributed by atoms with Crippen LogP contribution in [0.5, 0.6) is 0 Å². The average Bonchev–Trinajstić information content (AvgIpc) is 3.11. The summed E-state index contributed by atoms with van der Waals surface area (Å²) in [5, 5.41) is 9.59. The molecule has 0 heterocycles. The Morgan fingerprint density at radius 1 is 0.604 bits per heavy atom. The second-order valence-corrected chi connectivity index (χ2v) is 15.2. The van der Waals surface area contributed by atoms with E-state index in [2.05, 4.69) is 50.3 Å². The molecule has 2 atom stereocenters. The van der Waals surface area contributed by atoms with E-state index in [0.717, 1.165) is 38.5 Å². The van der Waals surface area contributed by atoms with Crippen LogP contribution in [0.25, 0.3) is 0 Å². The summed E-state index contributed by atoms with van der Waals surface area (Å²) in [6, 6.07) is -0.626. The molecular formula is C45H80NO7+. The van der Waals surface area contributed by atoms with Gasteiger partial charge in [0.15, 0.2) is 12.1 Å². The summed E-state index contributed by atoms with van der Waals surface area (Å²) >= 11 is 0. The Bertz CT molecular complexity index is 1010. The van der Waals surface area contributed by atoms with Gasteiger partial charge in [0.25, 0.3) is 0 Å². The number of carboxylic acid groups (broad SMARTS) is 1. The number of allylic oxidation sites excluding steroid dienone is 7. The Labute approximate surface area is 325 Å². The number of rotatable bonds is 37. The summed E-state index contributed by atoms with van der Waals surface area (Å²) < 4.78 is 17.1. The molecule has 0 aliphatic heterocycles. The highest BCUT2D eigenvalue weighted by Crippen LogP contribution is 2.14. The number of quaternary nitrogens is 1. The van der Waals surface area contributed by atoms with Crippen molar-refractivity contribution in [1.82, 2.24) is 0 Å². The summed E-state index contributed by atoms with van der Waals surface area (Å²) in [6.45, 7) is 4.49. The van der Waals surface area contributed by atoms with Gasteiger partial charge in [-0.3, -0.25) is 9.59 Å². The molecule has 0 rings (SSSR count). The van der Waals surface area contributed by atoms with E-state index >= 15 is 0 Å². The Hall–Kier alpha value is -2.71. The lowest BCUT2D eigenvalue weighted by Crippen LogP contribution is -2.50. The van der Waals surface area contributed by atoms with Crippen molar-refractivity contribution in [2.75, 3.05) is 41.0 Å². The number of unbranched alkanes of at least 4 members (excludes halogenated alkanes) is 16. The maximum absolute atomic E-state index is 12.7. The molecule has 8 heteroatoms. The van der Waals surface area contributed by atoms with Crippen molar-refractivity contribution in [3.8, 4) is 0 Å². The van der Waals surface area contributed by atoms with E-state index in [1.165, 1.54) is 96.3 Å². The van der Waals surface area contributed by atoms with Gasteiger partial charge in [-0.2, -0.15) is 0 Å². The second kappa shape index (κ2) is 36.3. The molecule has 2 unspecified atom stereocenters. The minimum atomic E-state index is -0.887. The predicted octanol–water partition coefficient (Wildman–Crippen LogP) is 11.2. The first-order valence-electron chi connectivity index (χ1n) is 21.2. The molecule has 0 aliphatic rings. The van der Waals surface area contributed by atoms with Gasteiger partial charge < -0.3 is 23.8 Å². The van der Waals surface area contributed by atoms with Crippen molar-refractivity contribution in [3.63, 3.8) is 0 Å². The monoisotopic (exact) mass is 747 g/mol. The molecule has 0 fully saturated rings. The van der Waals surface area contributed by atoms with Gasteiger partial charge in [0.05, 0.1) is 40.8 Å². The molecular weight excluding hydrogens is 666 g/mol. The Kier molecular flexibility index (Phi) is 34.4. The number of carbonyl (C=O) groups excluding carboxylic acids is 2. The maximum Gasteiger partial charge on any atom is 0.362 e. The molecule has 0 spiro atoms. The topological polar surface area (TPSA) is 99.1 Å². The van der Waals surface area contributed by atoms with Crippen LogP contribution >= 0.6 is 0 Å². The van der Waals surface area contributed by atoms with Crippen LogP contribution in [0.1, 0.15) is 168 Å². The van der Waals surface area contributed by atoms with Crippen LogP contribution in [-0.2, 0) is 28.6 Å². The van der Waals surface area contributed by atoms with E-state index in [4.69, 9.17) is 14.2 Å². The number of ether oxygens (including phenoxy) is 3. The lowest BCUT2D eigenvalue weighted by atomic mass is 10.1. The smallest absolute Gasteiger partial charge is 0.362 e. The summed E-state index contributed by atoms with van der Waals surface area (Å²) in [5.74, 6) is -1.63. The van der Waals surface area contributed by atoms with Gasteiger partial charge in [0.1, 0.15) is 6.61 Å². The lowest BCUT2D eigenvalue weighted by molar-refractivity contribution is -0.887. The standard InChI is InChI=1S/C45H79NO7/c1-6-8-10-12-14-16-17-18-19-20-21-22-23-24-25-26-28-30-32-34-36-44(48)53-41(39-51-38-37-42(45(49)50)46(3,4)5)40-52-43(47)35-33-31-29-27-15-13-11-9-7-2/h9,11,15,21-22,27,31,33,41-42H,6-8,10,12-14,16-20,23-26,28-30,32,34-40H2,1-5H3/p+1/b11-9+,22-21+,27-15+,33-31+. The minimum Gasteiger partial charge on any atom is -0.477 e. The van der Waals surface area contributed by atoms with Crippen LogP contribution in [0.4, 0.5) is 0 Å². The fraction of sp³-hybridized carbons (Fsp3) is 0.756. The van der Waals surface area contributed by atoms with Crippen LogP contribution in [0.3, 0.4) is 0 Å². The summed E-state index contributed by atoms with van der Waals surface area (Å²) in [5.41, 5.74) is 0. The van der Waals surface area contributed by atoms with E-state index in [0.29, 0.717) is 12.8 Å².